The molecule has 4 heteroatoms. The number of unbranched alkanes of at least 4 members (excludes halogenated alkanes) is 1. The fourth-order valence-corrected chi connectivity index (χ4v) is 2.70. The lowest BCUT2D eigenvalue weighted by molar-refractivity contribution is 0.379. The van der Waals surface area contributed by atoms with Gasteiger partial charge in [0.25, 0.3) is 0 Å². The molecular weight excluding hydrogens is 288 g/mol. The first-order valence-corrected chi connectivity index (χ1v) is 8.56. The second-order valence-electron chi connectivity index (χ2n) is 5.75. The number of rotatable bonds is 6. The molecule has 0 bridgehead atoms. The third-order valence-electron chi connectivity index (χ3n) is 2.79. The summed E-state index contributed by atoms with van der Waals surface area (Å²) in [6.07, 6.45) is 2.79. The second kappa shape index (κ2) is 6.39. The molecule has 1 unspecified atom stereocenters. The Labute approximate surface area is 109 Å². The molecule has 2 nitrogen and oxygen atoms in total. The van der Waals surface area contributed by atoms with E-state index in [1.807, 2.05) is 0 Å². The van der Waals surface area contributed by atoms with E-state index in [0.717, 1.165) is 19.3 Å². The van der Waals surface area contributed by atoms with E-state index in [0.29, 0.717) is 10.6 Å². The van der Waals surface area contributed by atoms with Crippen molar-refractivity contribution in [2.24, 2.45) is 5.41 Å². The van der Waals surface area contributed by atoms with Gasteiger partial charge >= 0.3 is 0 Å². The molecule has 1 atom stereocenters. The van der Waals surface area contributed by atoms with Crippen molar-refractivity contribution in [2.75, 3.05) is 5.75 Å². The first kappa shape index (κ1) is 16.4. The van der Waals surface area contributed by atoms with Gasteiger partial charge in [-0.05, 0) is 32.1 Å². The van der Waals surface area contributed by atoms with Gasteiger partial charge in [0.05, 0.1) is 11.0 Å². The van der Waals surface area contributed by atoms with E-state index in [9.17, 15) is 8.42 Å². The van der Waals surface area contributed by atoms with Crippen molar-refractivity contribution >= 4 is 25.8 Å². The zero-order valence-corrected chi connectivity index (χ0v) is 13.5. The van der Waals surface area contributed by atoms with E-state index in [1.54, 1.807) is 13.8 Å². The Morgan fingerprint density at radius 2 is 1.62 bits per heavy atom. The third kappa shape index (κ3) is 6.24. The molecule has 0 saturated carbocycles. The summed E-state index contributed by atoms with van der Waals surface area (Å²) in [5.74, 6) is 0.328. The summed E-state index contributed by atoms with van der Waals surface area (Å²) < 4.78 is 23.1. The van der Waals surface area contributed by atoms with E-state index in [2.05, 4.69) is 36.7 Å². The van der Waals surface area contributed by atoms with E-state index < -0.39 is 9.84 Å². The normalized spacial score (nSPS) is 15.4. The monoisotopic (exact) mass is 312 g/mol. The van der Waals surface area contributed by atoms with E-state index in [-0.39, 0.29) is 10.7 Å². The highest BCUT2D eigenvalue weighted by atomic mass is 79.9. The molecule has 0 aliphatic heterocycles. The van der Waals surface area contributed by atoms with Crippen LogP contribution in [0, 0.1) is 5.41 Å². The Hall–Kier alpha value is 0.430. The van der Waals surface area contributed by atoms with Gasteiger partial charge in [0.2, 0.25) is 0 Å². The smallest absolute Gasteiger partial charge is 0.152 e. The van der Waals surface area contributed by atoms with Crippen LogP contribution in [0.2, 0.25) is 0 Å². The fraction of sp³-hybridized carbons (Fsp3) is 1.00. The number of alkyl halides is 1. The van der Waals surface area contributed by atoms with Crippen molar-refractivity contribution in [1.29, 1.82) is 0 Å². The molecule has 0 aliphatic rings. The Bertz CT molecular complexity index is 289. The molecule has 0 fully saturated rings. The topological polar surface area (TPSA) is 34.1 Å². The Balaban J connectivity index is 3.87. The third-order valence-corrected chi connectivity index (χ3v) is 6.92. The fourth-order valence-electron chi connectivity index (χ4n) is 1.30. The molecule has 0 aromatic rings. The molecule has 98 valence electrons. The molecule has 0 radical (unpaired) electrons. The van der Waals surface area contributed by atoms with Gasteiger partial charge in [-0.25, -0.2) is 8.42 Å². The molecular formula is C12H25BrO2S. The number of halogens is 1. The van der Waals surface area contributed by atoms with Crippen molar-refractivity contribution in [3.63, 3.8) is 0 Å². The average molecular weight is 313 g/mol. The molecule has 16 heavy (non-hydrogen) atoms. The van der Waals surface area contributed by atoms with Gasteiger partial charge in [0.15, 0.2) is 9.84 Å². The average Bonchev–Trinajstić information content (AvgIpc) is 2.10. The van der Waals surface area contributed by atoms with Crippen LogP contribution in [0.1, 0.15) is 53.9 Å². The van der Waals surface area contributed by atoms with Crippen LogP contribution < -0.4 is 0 Å². The summed E-state index contributed by atoms with van der Waals surface area (Å²) in [5, 5.41) is -0.241. The van der Waals surface area contributed by atoms with Crippen molar-refractivity contribution < 1.29 is 8.42 Å². The molecule has 0 aromatic carbocycles. The van der Waals surface area contributed by atoms with Crippen LogP contribution in [0.25, 0.3) is 0 Å². The summed E-state index contributed by atoms with van der Waals surface area (Å²) in [6, 6.07) is 0. The quantitative estimate of drug-likeness (QED) is 0.552. The van der Waals surface area contributed by atoms with E-state index in [4.69, 9.17) is 0 Å². The summed E-state index contributed by atoms with van der Waals surface area (Å²) in [4.78, 5) is 0.460. The predicted molar refractivity (Wildman–Crippen MR) is 74.9 cm³/mol. The van der Waals surface area contributed by atoms with Gasteiger partial charge in [-0.3, -0.25) is 0 Å². The molecule has 0 heterocycles. The maximum absolute atomic E-state index is 11.6. The van der Waals surface area contributed by atoms with Crippen molar-refractivity contribution in [1.82, 2.24) is 0 Å². The summed E-state index contributed by atoms with van der Waals surface area (Å²) in [5.41, 5.74) is 0.247. The van der Waals surface area contributed by atoms with Gasteiger partial charge in [0.1, 0.15) is 0 Å². The maximum atomic E-state index is 11.6. The van der Waals surface area contributed by atoms with Crippen molar-refractivity contribution in [2.45, 2.75) is 64.0 Å². The lowest BCUT2D eigenvalue weighted by Gasteiger charge is -2.25. The van der Waals surface area contributed by atoms with Crippen LogP contribution in [0.15, 0.2) is 0 Å². The van der Waals surface area contributed by atoms with Crippen molar-refractivity contribution in [3.05, 3.63) is 0 Å². The molecule has 0 amide bonds. The van der Waals surface area contributed by atoms with Crippen LogP contribution in [0.3, 0.4) is 0 Å². The van der Waals surface area contributed by atoms with Gasteiger partial charge in [-0.1, -0.05) is 43.1 Å². The molecule has 0 saturated heterocycles. The van der Waals surface area contributed by atoms with Crippen LogP contribution in [-0.2, 0) is 9.84 Å². The highest BCUT2D eigenvalue weighted by molar-refractivity contribution is 9.09. The summed E-state index contributed by atoms with van der Waals surface area (Å²) in [6.45, 7) is 10.1. The van der Waals surface area contributed by atoms with Crippen LogP contribution in [0.5, 0.6) is 0 Å². The molecule has 0 rings (SSSR count). The predicted octanol–water partition coefficient (Wildman–Crippen LogP) is 3.79. The number of hydrogen-bond acceptors (Lipinski definition) is 2. The van der Waals surface area contributed by atoms with Crippen molar-refractivity contribution in [3.8, 4) is 0 Å². The Morgan fingerprint density at radius 1 is 1.12 bits per heavy atom. The Morgan fingerprint density at radius 3 is 2.00 bits per heavy atom. The van der Waals surface area contributed by atoms with Gasteiger partial charge in [-0.15, -0.1) is 0 Å². The van der Waals surface area contributed by atoms with Crippen LogP contribution in [-0.4, -0.2) is 24.2 Å². The largest absolute Gasteiger partial charge is 0.229 e. The van der Waals surface area contributed by atoms with Gasteiger partial charge in [-0.2, -0.15) is 0 Å². The highest BCUT2D eigenvalue weighted by Crippen LogP contribution is 2.29. The lowest BCUT2D eigenvalue weighted by Crippen LogP contribution is -2.21. The summed E-state index contributed by atoms with van der Waals surface area (Å²) in [7, 11) is -2.85. The van der Waals surface area contributed by atoms with Crippen LogP contribution >= 0.6 is 15.9 Å². The number of sulfone groups is 1. The highest BCUT2D eigenvalue weighted by Gasteiger charge is 2.21. The summed E-state index contributed by atoms with van der Waals surface area (Å²) >= 11 is 3.66. The first-order chi connectivity index (χ1) is 7.07. The standard InChI is InChI=1S/C12H25BrO2S/c1-10(2)16(14,15)9-7-6-8-11(13)12(3,4)5/h10-11H,6-9H2,1-5H3. The zero-order valence-electron chi connectivity index (χ0n) is 11.1. The minimum Gasteiger partial charge on any atom is -0.229 e. The van der Waals surface area contributed by atoms with Gasteiger partial charge < -0.3 is 0 Å². The van der Waals surface area contributed by atoms with E-state index >= 15 is 0 Å². The SMILES string of the molecule is CC(C)S(=O)(=O)CCCCC(Br)C(C)(C)C. The first-order valence-electron chi connectivity index (χ1n) is 5.93. The van der Waals surface area contributed by atoms with E-state index in [1.165, 1.54) is 0 Å². The molecule has 0 aromatic heterocycles. The molecule has 0 N–H and O–H groups in total. The second-order valence-corrected chi connectivity index (χ2v) is 9.53. The molecule has 0 spiro atoms. The minimum atomic E-state index is -2.85. The Kier molecular flexibility index (Phi) is 6.56. The van der Waals surface area contributed by atoms with Gasteiger partial charge in [0, 0.05) is 4.83 Å². The number of hydrogen-bond donors (Lipinski definition) is 0. The minimum absolute atomic E-state index is 0.241. The molecule has 0 aliphatic carbocycles. The van der Waals surface area contributed by atoms with Crippen LogP contribution in [0.4, 0.5) is 0 Å². The zero-order chi connectivity index (χ0) is 13.0. The maximum Gasteiger partial charge on any atom is 0.152 e. The lowest BCUT2D eigenvalue weighted by atomic mass is 9.89.